The Morgan fingerprint density at radius 2 is 1.62 bits per heavy atom. The first-order valence-corrected chi connectivity index (χ1v) is 8.70. The van der Waals surface area contributed by atoms with Gasteiger partial charge in [-0.25, -0.2) is 0 Å². The smallest absolute Gasteiger partial charge is 0.0320 e. The fourth-order valence-corrected chi connectivity index (χ4v) is 3.87. The van der Waals surface area contributed by atoms with E-state index in [1.54, 1.807) is 0 Å². The van der Waals surface area contributed by atoms with Gasteiger partial charge in [0.15, 0.2) is 0 Å². The summed E-state index contributed by atoms with van der Waals surface area (Å²) in [6.07, 6.45) is 5.76. The molecule has 2 saturated heterocycles. The van der Waals surface area contributed by atoms with Crippen LogP contribution in [0.5, 0.6) is 0 Å². The first-order chi connectivity index (χ1) is 10.2. The summed E-state index contributed by atoms with van der Waals surface area (Å²) in [6.45, 7) is 7.59. The largest absolute Gasteiger partial charge is 0.306 e. The predicted octanol–water partition coefficient (Wildman–Crippen LogP) is 3.80. The van der Waals surface area contributed by atoms with Crippen molar-refractivity contribution in [3.05, 3.63) is 35.9 Å². The first kappa shape index (κ1) is 15.1. The minimum absolute atomic E-state index is 0.589. The van der Waals surface area contributed by atoms with E-state index in [1.807, 2.05) is 0 Å². The molecule has 2 nitrogen and oxygen atoms in total. The molecule has 0 aliphatic carbocycles. The van der Waals surface area contributed by atoms with Gasteiger partial charge >= 0.3 is 0 Å². The number of benzene rings is 1. The first-order valence-electron chi connectivity index (χ1n) is 8.70. The summed E-state index contributed by atoms with van der Waals surface area (Å²) in [5, 5.41) is 0. The SMILES string of the molecule is CC(c1ccccc1)N1CC(CCC2CCN(C)CC2)C1. The van der Waals surface area contributed by atoms with Crippen LogP contribution in [0.1, 0.15) is 44.2 Å². The van der Waals surface area contributed by atoms with Crippen molar-refractivity contribution in [3.8, 4) is 0 Å². The summed E-state index contributed by atoms with van der Waals surface area (Å²) >= 11 is 0. The lowest BCUT2D eigenvalue weighted by Gasteiger charge is -2.44. The van der Waals surface area contributed by atoms with Crippen LogP contribution >= 0.6 is 0 Å². The number of likely N-dealkylation sites (tertiary alicyclic amines) is 2. The van der Waals surface area contributed by atoms with Crippen LogP contribution in [0.3, 0.4) is 0 Å². The molecule has 0 spiro atoms. The molecule has 2 heteroatoms. The Morgan fingerprint density at radius 3 is 2.29 bits per heavy atom. The van der Waals surface area contributed by atoms with E-state index in [0.717, 1.165) is 11.8 Å². The molecule has 2 heterocycles. The van der Waals surface area contributed by atoms with Crippen LogP contribution in [-0.4, -0.2) is 43.0 Å². The third-order valence-electron chi connectivity index (χ3n) is 5.64. The normalized spacial score (nSPS) is 23.9. The highest BCUT2D eigenvalue weighted by Crippen LogP contribution is 2.32. The summed E-state index contributed by atoms with van der Waals surface area (Å²) in [5.41, 5.74) is 1.46. The average molecular weight is 286 g/mol. The van der Waals surface area contributed by atoms with Gasteiger partial charge in [0, 0.05) is 19.1 Å². The monoisotopic (exact) mass is 286 g/mol. The van der Waals surface area contributed by atoms with Gasteiger partial charge in [0.2, 0.25) is 0 Å². The second kappa shape index (κ2) is 6.93. The summed E-state index contributed by atoms with van der Waals surface area (Å²) in [4.78, 5) is 5.11. The van der Waals surface area contributed by atoms with E-state index in [1.165, 1.54) is 57.4 Å². The van der Waals surface area contributed by atoms with E-state index in [2.05, 4.69) is 54.1 Å². The molecule has 2 aliphatic rings. The van der Waals surface area contributed by atoms with Gasteiger partial charge in [-0.15, -0.1) is 0 Å². The van der Waals surface area contributed by atoms with Crippen molar-refractivity contribution in [3.63, 3.8) is 0 Å². The zero-order chi connectivity index (χ0) is 14.7. The highest BCUT2D eigenvalue weighted by atomic mass is 15.2. The van der Waals surface area contributed by atoms with Crippen molar-refractivity contribution in [2.45, 2.75) is 38.6 Å². The molecule has 0 N–H and O–H groups in total. The minimum atomic E-state index is 0.589. The van der Waals surface area contributed by atoms with Crippen LogP contribution in [0, 0.1) is 11.8 Å². The van der Waals surface area contributed by atoms with Crippen LogP contribution in [-0.2, 0) is 0 Å². The molecule has 1 aromatic carbocycles. The number of rotatable bonds is 5. The van der Waals surface area contributed by atoms with Crippen molar-refractivity contribution in [2.24, 2.45) is 11.8 Å². The Hall–Kier alpha value is -0.860. The molecule has 1 atom stereocenters. The van der Waals surface area contributed by atoms with Gasteiger partial charge in [0.1, 0.15) is 0 Å². The summed E-state index contributed by atoms with van der Waals surface area (Å²) in [6, 6.07) is 11.5. The maximum atomic E-state index is 2.63. The molecule has 0 bridgehead atoms. The summed E-state index contributed by atoms with van der Waals surface area (Å²) in [5.74, 6) is 1.96. The van der Waals surface area contributed by atoms with E-state index in [4.69, 9.17) is 0 Å². The van der Waals surface area contributed by atoms with Crippen molar-refractivity contribution < 1.29 is 0 Å². The summed E-state index contributed by atoms with van der Waals surface area (Å²) < 4.78 is 0. The van der Waals surface area contributed by atoms with Crippen LogP contribution in [0.15, 0.2) is 30.3 Å². The molecule has 1 unspecified atom stereocenters. The van der Waals surface area contributed by atoms with E-state index in [-0.39, 0.29) is 0 Å². The molecule has 0 amide bonds. The zero-order valence-corrected chi connectivity index (χ0v) is 13.7. The molecule has 3 rings (SSSR count). The van der Waals surface area contributed by atoms with Crippen LogP contribution < -0.4 is 0 Å². The van der Waals surface area contributed by atoms with Crippen molar-refractivity contribution in [2.75, 3.05) is 33.2 Å². The maximum Gasteiger partial charge on any atom is 0.0320 e. The van der Waals surface area contributed by atoms with E-state index < -0.39 is 0 Å². The van der Waals surface area contributed by atoms with Crippen molar-refractivity contribution in [1.29, 1.82) is 0 Å². The molecular weight excluding hydrogens is 256 g/mol. The predicted molar refractivity (Wildman–Crippen MR) is 89.4 cm³/mol. The van der Waals surface area contributed by atoms with Crippen molar-refractivity contribution >= 4 is 0 Å². The van der Waals surface area contributed by atoms with Crippen LogP contribution in [0.4, 0.5) is 0 Å². The van der Waals surface area contributed by atoms with E-state index in [0.29, 0.717) is 6.04 Å². The van der Waals surface area contributed by atoms with E-state index in [9.17, 15) is 0 Å². The molecule has 0 aromatic heterocycles. The minimum Gasteiger partial charge on any atom is -0.306 e. The van der Waals surface area contributed by atoms with Gasteiger partial charge in [-0.2, -0.15) is 0 Å². The Bertz CT molecular complexity index is 416. The molecule has 1 aromatic rings. The zero-order valence-electron chi connectivity index (χ0n) is 13.7. The standard InChI is InChI=1S/C19H30N2/c1-16(19-6-4-3-5-7-19)21-14-18(15-21)9-8-17-10-12-20(2)13-11-17/h3-7,16-18H,8-15H2,1-2H3. The third kappa shape index (κ3) is 3.87. The molecule has 2 fully saturated rings. The lowest BCUT2D eigenvalue weighted by molar-refractivity contribution is 0.0488. The number of nitrogens with zero attached hydrogens (tertiary/aromatic N) is 2. The Morgan fingerprint density at radius 1 is 1.00 bits per heavy atom. The maximum absolute atomic E-state index is 2.63. The molecule has 116 valence electrons. The molecule has 0 radical (unpaired) electrons. The highest BCUT2D eigenvalue weighted by Gasteiger charge is 2.31. The number of hydrogen-bond donors (Lipinski definition) is 0. The Kier molecular flexibility index (Phi) is 4.97. The summed E-state index contributed by atoms with van der Waals surface area (Å²) in [7, 11) is 2.25. The lowest BCUT2D eigenvalue weighted by Crippen LogP contribution is -2.47. The van der Waals surface area contributed by atoms with Gasteiger partial charge in [-0.05, 0) is 70.1 Å². The van der Waals surface area contributed by atoms with Crippen molar-refractivity contribution in [1.82, 2.24) is 9.80 Å². The van der Waals surface area contributed by atoms with Gasteiger partial charge in [-0.3, -0.25) is 4.90 Å². The second-order valence-electron chi connectivity index (χ2n) is 7.23. The lowest BCUT2D eigenvalue weighted by atomic mass is 9.85. The van der Waals surface area contributed by atoms with Gasteiger partial charge in [-0.1, -0.05) is 30.3 Å². The molecule has 2 aliphatic heterocycles. The molecule has 0 saturated carbocycles. The number of hydrogen-bond acceptors (Lipinski definition) is 2. The molecular formula is C19H30N2. The third-order valence-corrected chi connectivity index (χ3v) is 5.64. The topological polar surface area (TPSA) is 6.48 Å². The quantitative estimate of drug-likeness (QED) is 0.812. The van der Waals surface area contributed by atoms with Gasteiger partial charge < -0.3 is 4.90 Å². The van der Waals surface area contributed by atoms with Gasteiger partial charge in [0.05, 0.1) is 0 Å². The average Bonchev–Trinajstić information content (AvgIpc) is 2.48. The van der Waals surface area contributed by atoms with Crippen LogP contribution in [0.2, 0.25) is 0 Å². The van der Waals surface area contributed by atoms with Crippen LogP contribution in [0.25, 0.3) is 0 Å². The Balaban J connectivity index is 1.36. The fourth-order valence-electron chi connectivity index (χ4n) is 3.87. The fraction of sp³-hybridized carbons (Fsp3) is 0.684. The second-order valence-corrected chi connectivity index (χ2v) is 7.23. The van der Waals surface area contributed by atoms with Gasteiger partial charge in [0.25, 0.3) is 0 Å². The number of piperidine rings is 1. The van der Waals surface area contributed by atoms with E-state index >= 15 is 0 Å². The molecule has 21 heavy (non-hydrogen) atoms. The Labute approximate surface area is 130 Å². The highest BCUT2D eigenvalue weighted by molar-refractivity contribution is 5.18.